The van der Waals surface area contributed by atoms with E-state index in [0.29, 0.717) is 0 Å². The SMILES string of the molecule is Cc1cc(N(C)C)c(C)c2ccccc12. The van der Waals surface area contributed by atoms with Crippen LogP contribution in [0.15, 0.2) is 30.3 Å². The van der Waals surface area contributed by atoms with Crippen molar-refractivity contribution in [2.45, 2.75) is 13.8 Å². The van der Waals surface area contributed by atoms with Crippen LogP contribution in [-0.4, -0.2) is 14.1 Å². The van der Waals surface area contributed by atoms with Crippen molar-refractivity contribution in [2.24, 2.45) is 0 Å². The lowest BCUT2D eigenvalue weighted by atomic mass is 9.99. The standard InChI is InChI=1S/C14H17N/c1-10-9-14(15(3)4)11(2)13-8-6-5-7-12(10)13/h5-9H,1-4H3. The zero-order valence-corrected chi connectivity index (χ0v) is 9.83. The second kappa shape index (κ2) is 3.58. The van der Waals surface area contributed by atoms with Crippen molar-refractivity contribution in [1.29, 1.82) is 0 Å². The Morgan fingerprint density at radius 1 is 0.933 bits per heavy atom. The minimum absolute atomic E-state index is 1.31. The molecule has 78 valence electrons. The largest absolute Gasteiger partial charge is 0.377 e. The van der Waals surface area contributed by atoms with Crippen LogP contribution in [0.2, 0.25) is 0 Å². The van der Waals surface area contributed by atoms with Gasteiger partial charge in [-0.1, -0.05) is 24.3 Å². The molecule has 0 fully saturated rings. The first-order valence-corrected chi connectivity index (χ1v) is 5.27. The summed E-state index contributed by atoms with van der Waals surface area (Å²) < 4.78 is 0. The highest BCUT2D eigenvalue weighted by atomic mass is 15.1. The third-order valence-electron chi connectivity index (χ3n) is 2.98. The fraction of sp³-hybridized carbons (Fsp3) is 0.286. The van der Waals surface area contributed by atoms with Gasteiger partial charge in [0, 0.05) is 19.8 Å². The van der Waals surface area contributed by atoms with Gasteiger partial charge in [-0.3, -0.25) is 0 Å². The van der Waals surface area contributed by atoms with E-state index >= 15 is 0 Å². The molecule has 0 bridgehead atoms. The highest BCUT2D eigenvalue weighted by molar-refractivity contribution is 5.92. The van der Waals surface area contributed by atoms with Crippen molar-refractivity contribution >= 4 is 16.5 Å². The summed E-state index contributed by atoms with van der Waals surface area (Å²) in [6, 6.07) is 10.9. The predicted molar refractivity (Wildman–Crippen MR) is 67.7 cm³/mol. The molecule has 1 heteroatoms. The molecule has 0 unspecified atom stereocenters. The third-order valence-corrected chi connectivity index (χ3v) is 2.98. The monoisotopic (exact) mass is 199 g/mol. The van der Waals surface area contributed by atoms with Gasteiger partial charge in [0.15, 0.2) is 0 Å². The zero-order chi connectivity index (χ0) is 11.0. The summed E-state index contributed by atoms with van der Waals surface area (Å²) in [4.78, 5) is 2.18. The molecule has 0 saturated heterocycles. The molecule has 2 aromatic rings. The summed E-state index contributed by atoms with van der Waals surface area (Å²) in [5, 5.41) is 2.72. The number of fused-ring (bicyclic) bond motifs is 1. The predicted octanol–water partition coefficient (Wildman–Crippen LogP) is 3.52. The van der Waals surface area contributed by atoms with Crippen LogP contribution >= 0.6 is 0 Å². The molecule has 2 aromatic carbocycles. The van der Waals surface area contributed by atoms with Gasteiger partial charge in [0.2, 0.25) is 0 Å². The molecule has 0 heterocycles. The van der Waals surface area contributed by atoms with Gasteiger partial charge in [-0.2, -0.15) is 0 Å². The second-order valence-electron chi connectivity index (χ2n) is 4.28. The average Bonchev–Trinajstić information content (AvgIpc) is 2.23. The Kier molecular flexibility index (Phi) is 2.39. The maximum absolute atomic E-state index is 2.26. The van der Waals surface area contributed by atoms with Gasteiger partial charge in [0.05, 0.1) is 0 Å². The molecular formula is C14H17N. The summed E-state index contributed by atoms with van der Waals surface area (Å²) in [7, 11) is 4.19. The van der Waals surface area contributed by atoms with Gasteiger partial charge in [-0.15, -0.1) is 0 Å². The third kappa shape index (κ3) is 1.58. The Morgan fingerprint density at radius 3 is 2.13 bits per heavy atom. The van der Waals surface area contributed by atoms with Gasteiger partial charge < -0.3 is 4.90 Å². The van der Waals surface area contributed by atoms with E-state index < -0.39 is 0 Å². The van der Waals surface area contributed by atoms with E-state index in [0.717, 1.165) is 0 Å². The molecule has 0 N–H and O–H groups in total. The van der Waals surface area contributed by atoms with Crippen LogP contribution in [0.3, 0.4) is 0 Å². The van der Waals surface area contributed by atoms with E-state index in [-0.39, 0.29) is 0 Å². The van der Waals surface area contributed by atoms with E-state index in [2.05, 4.69) is 63.2 Å². The number of rotatable bonds is 1. The fourth-order valence-corrected chi connectivity index (χ4v) is 2.15. The molecule has 0 amide bonds. The van der Waals surface area contributed by atoms with Crippen molar-refractivity contribution in [3.05, 3.63) is 41.5 Å². The number of hydrogen-bond acceptors (Lipinski definition) is 1. The van der Waals surface area contributed by atoms with E-state index in [1.807, 2.05) is 0 Å². The Morgan fingerprint density at radius 2 is 1.53 bits per heavy atom. The van der Waals surface area contributed by atoms with Gasteiger partial charge in [0.25, 0.3) is 0 Å². The molecule has 0 spiro atoms. The highest BCUT2D eigenvalue weighted by Gasteiger charge is 2.07. The average molecular weight is 199 g/mol. The minimum Gasteiger partial charge on any atom is -0.377 e. The van der Waals surface area contributed by atoms with Crippen LogP contribution in [0.1, 0.15) is 11.1 Å². The highest BCUT2D eigenvalue weighted by Crippen LogP contribution is 2.29. The first-order valence-electron chi connectivity index (χ1n) is 5.27. The van der Waals surface area contributed by atoms with Crippen LogP contribution in [0.5, 0.6) is 0 Å². The molecule has 0 aliphatic rings. The molecule has 0 aromatic heterocycles. The molecule has 0 aliphatic carbocycles. The van der Waals surface area contributed by atoms with Crippen molar-refractivity contribution in [2.75, 3.05) is 19.0 Å². The van der Waals surface area contributed by atoms with Gasteiger partial charge >= 0.3 is 0 Å². The van der Waals surface area contributed by atoms with E-state index in [4.69, 9.17) is 0 Å². The summed E-state index contributed by atoms with van der Waals surface area (Å²) in [5.41, 5.74) is 4.02. The lowest BCUT2D eigenvalue weighted by Crippen LogP contribution is -2.10. The summed E-state index contributed by atoms with van der Waals surface area (Å²) in [5.74, 6) is 0. The maximum atomic E-state index is 2.26. The molecule has 0 atom stereocenters. The fourth-order valence-electron chi connectivity index (χ4n) is 2.15. The maximum Gasteiger partial charge on any atom is 0.0399 e. The molecule has 0 saturated carbocycles. The number of hydrogen-bond donors (Lipinski definition) is 0. The van der Waals surface area contributed by atoms with Gasteiger partial charge in [-0.05, 0) is 41.8 Å². The zero-order valence-electron chi connectivity index (χ0n) is 9.83. The van der Waals surface area contributed by atoms with Crippen molar-refractivity contribution in [3.63, 3.8) is 0 Å². The van der Waals surface area contributed by atoms with Gasteiger partial charge in [0.1, 0.15) is 0 Å². The second-order valence-corrected chi connectivity index (χ2v) is 4.28. The molecule has 0 radical (unpaired) electrons. The van der Waals surface area contributed by atoms with Crippen molar-refractivity contribution in [3.8, 4) is 0 Å². The van der Waals surface area contributed by atoms with Crippen LogP contribution in [0, 0.1) is 13.8 Å². The smallest absolute Gasteiger partial charge is 0.0399 e. The first-order chi connectivity index (χ1) is 7.11. The summed E-state index contributed by atoms with van der Waals surface area (Å²) >= 11 is 0. The Hall–Kier alpha value is -1.50. The number of aryl methyl sites for hydroxylation is 2. The lowest BCUT2D eigenvalue weighted by Gasteiger charge is -2.18. The van der Waals surface area contributed by atoms with Crippen LogP contribution in [-0.2, 0) is 0 Å². The molecule has 0 aliphatic heterocycles. The topological polar surface area (TPSA) is 3.24 Å². The van der Waals surface area contributed by atoms with Crippen LogP contribution in [0.4, 0.5) is 5.69 Å². The van der Waals surface area contributed by atoms with Crippen LogP contribution in [0.25, 0.3) is 10.8 Å². The Labute approximate surface area is 91.3 Å². The van der Waals surface area contributed by atoms with E-state index in [1.165, 1.54) is 27.6 Å². The number of benzene rings is 2. The quantitative estimate of drug-likeness (QED) is 0.679. The first kappa shape index (κ1) is 10.0. The Bertz CT molecular complexity index is 498. The molecule has 2 rings (SSSR count). The normalized spacial score (nSPS) is 10.7. The number of nitrogens with zero attached hydrogens (tertiary/aromatic N) is 1. The lowest BCUT2D eigenvalue weighted by molar-refractivity contribution is 1.12. The minimum atomic E-state index is 1.31. The molecular weight excluding hydrogens is 182 g/mol. The number of anilines is 1. The van der Waals surface area contributed by atoms with Crippen LogP contribution < -0.4 is 4.90 Å². The van der Waals surface area contributed by atoms with Crippen molar-refractivity contribution in [1.82, 2.24) is 0 Å². The van der Waals surface area contributed by atoms with Crippen molar-refractivity contribution < 1.29 is 0 Å². The molecule has 15 heavy (non-hydrogen) atoms. The van der Waals surface area contributed by atoms with E-state index in [9.17, 15) is 0 Å². The Balaban J connectivity index is 2.84. The summed E-state index contributed by atoms with van der Waals surface area (Å²) in [6.45, 7) is 4.37. The van der Waals surface area contributed by atoms with E-state index in [1.54, 1.807) is 0 Å². The van der Waals surface area contributed by atoms with Gasteiger partial charge in [-0.25, -0.2) is 0 Å². The molecule has 1 nitrogen and oxygen atoms in total. The summed E-state index contributed by atoms with van der Waals surface area (Å²) in [6.07, 6.45) is 0.